The summed E-state index contributed by atoms with van der Waals surface area (Å²) in [6.07, 6.45) is 1.53. The molecule has 1 aromatic rings. The average molecular weight is 262 g/mol. The largest absolute Gasteiger partial charge is 0.342 e. The van der Waals surface area contributed by atoms with E-state index in [9.17, 15) is 0 Å². The Balaban J connectivity index is 3.05. The van der Waals surface area contributed by atoms with Crippen molar-refractivity contribution in [3.05, 3.63) is 12.0 Å². The number of halogens is 1. The quantitative estimate of drug-likeness (QED) is 0.620. The fourth-order valence-corrected chi connectivity index (χ4v) is 0.971. The minimum atomic E-state index is 0.444. The second kappa shape index (κ2) is 3.61. The van der Waals surface area contributed by atoms with Crippen molar-refractivity contribution in [2.45, 2.75) is 6.92 Å². The van der Waals surface area contributed by atoms with E-state index in [0.29, 0.717) is 17.2 Å². The molecule has 5 heteroatoms. The zero-order valence-electron chi connectivity index (χ0n) is 5.93. The molecule has 0 aliphatic rings. The highest BCUT2D eigenvalue weighted by molar-refractivity contribution is 14.1. The van der Waals surface area contributed by atoms with Gasteiger partial charge in [0, 0.05) is 0 Å². The van der Waals surface area contributed by atoms with Gasteiger partial charge in [-0.05, 0) is 29.5 Å². The molecule has 11 heavy (non-hydrogen) atoms. The van der Waals surface area contributed by atoms with Crippen LogP contribution in [0, 0.1) is 5.41 Å². The van der Waals surface area contributed by atoms with E-state index < -0.39 is 0 Å². The lowest BCUT2D eigenvalue weighted by Gasteiger charge is -1.91. The fraction of sp³-hybridized carbons (Fsp3) is 0.167. The Labute approximate surface area is 77.8 Å². The molecule has 0 amide bonds. The first kappa shape index (κ1) is 8.38. The second-order valence-corrected chi connectivity index (χ2v) is 2.51. The average Bonchev–Trinajstić information content (AvgIpc) is 2.36. The number of hydrogen-bond acceptors (Lipinski definition) is 3. The predicted molar refractivity (Wildman–Crippen MR) is 53.3 cm³/mol. The number of rotatable bonds is 2. The van der Waals surface area contributed by atoms with Gasteiger partial charge in [0.2, 0.25) is 0 Å². The lowest BCUT2D eigenvalue weighted by molar-refractivity contribution is 1.29. The van der Waals surface area contributed by atoms with Gasteiger partial charge in [-0.1, -0.05) is 0 Å². The Morgan fingerprint density at radius 2 is 2.64 bits per heavy atom. The predicted octanol–water partition coefficient (Wildman–Crippen LogP) is 1.89. The van der Waals surface area contributed by atoms with Gasteiger partial charge in [0.1, 0.15) is 5.69 Å². The van der Waals surface area contributed by atoms with Crippen molar-refractivity contribution in [2.75, 3.05) is 0 Å². The summed E-state index contributed by atoms with van der Waals surface area (Å²) < 4.78 is 1.63. The van der Waals surface area contributed by atoms with Crippen molar-refractivity contribution in [3.63, 3.8) is 0 Å². The third kappa shape index (κ3) is 1.86. The van der Waals surface area contributed by atoms with E-state index in [4.69, 9.17) is 5.41 Å². The van der Waals surface area contributed by atoms with Crippen LogP contribution in [0.5, 0.6) is 0 Å². The first-order chi connectivity index (χ1) is 5.25. The minimum absolute atomic E-state index is 0.444. The van der Waals surface area contributed by atoms with Gasteiger partial charge in [-0.2, -0.15) is 0 Å². The van der Waals surface area contributed by atoms with Crippen LogP contribution in [-0.4, -0.2) is 19.9 Å². The lowest BCUT2D eigenvalue weighted by atomic mass is 10.3. The molecule has 0 saturated carbocycles. The summed E-state index contributed by atoms with van der Waals surface area (Å²) in [7, 11) is 0. The summed E-state index contributed by atoms with van der Waals surface area (Å²) in [6.45, 7) is 1.69. The van der Waals surface area contributed by atoms with E-state index in [0.717, 1.165) is 0 Å². The fourth-order valence-electron chi connectivity index (χ4n) is 0.707. The number of aromatic amines is 1. The normalized spacial score (nSPS) is 10.7. The first-order valence-corrected chi connectivity index (χ1v) is 4.22. The zero-order valence-corrected chi connectivity index (χ0v) is 8.08. The van der Waals surface area contributed by atoms with Gasteiger partial charge in [0.15, 0.2) is 5.82 Å². The third-order valence-corrected chi connectivity index (χ3v) is 1.44. The molecular formula is C6H7IN4. The summed E-state index contributed by atoms with van der Waals surface area (Å²) in [5.74, 6) is 0.576. The van der Waals surface area contributed by atoms with Gasteiger partial charge in [0.05, 0.1) is 16.3 Å². The van der Waals surface area contributed by atoms with Crippen LogP contribution in [0.3, 0.4) is 0 Å². The van der Waals surface area contributed by atoms with E-state index in [1.54, 1.807) is 11.1 Å². The maximum absolute atomic E-state index is 7.32. The van der Waals surface area contributed by atoms with Gasteiger partial charge in [-0.15, -0.1) is 0 Å². The summed E-state index contributed by atoms with van der Waals surface area (Å²) >= 11 is 2.01. The summed E-state index contributed by atoms with van der Waals surface area (Å²) in [5, 5.41) is 7.32. The summed E-state index contributed by atoms with van der Waals surface area (Å²) in [5.41, 5.74) is 1.12. The summed E-state index contributed by atoms with van der Waals surface area (Å²) in [6, 6.07) is 0. The molecule has 2 N–H and O–H groups in total. The van der Waals surface area contributed by atoms with E-state index >= 15 is 0 Å². The van der Waals surface area contributed by atoms with Crippen molar-refractivity contribution in [1.29, 1.82) is 5.41 Å². The van der Waals surface area contributed by atoms with Crippen molar-refractivity contribution in [1.82, 2.24) is 9.97 Å². The molecule has 0 bridgehead atoms. The number of imidazole rings is 1. The monoisotopic (exact) mass is 262 g/mol. The molecule has 0 spiro atoms. The molecular weight excluding hydrogens is 255 g/mol. The van der Waals surface area contributed by atoms with Crippen molar-refractivity contribution in [2.24, 2.45) is 4.99 Å². The molecule has 1 aromatic heterocycles. The van der Waals surface area contributed by atoms with E-state index in [1.165, 1.54) is 6.33 Å². The molecule has 0 fully saturated rings. The van der Waals surface area contributed by atoms with Crippen LogP contribution < -0.4 is 0 Å². The van der Waals surface area contributed by atoms with Gasteiger partial charge in [-0.25, -0.2) is 9.98 Å². The van der Waals surface area contributed by atoms with E-state index in [1.807, 2.05) is 22.6 Å². The van der Waals surface area contributed by atoms with Crippen LogP contribution in [0.25, 0.3) is 0 Å². The van der Waals surface area contributed by atoms with Crippen LogP contribution in [0.4, 0.5) is 5.82 Å². The molecule has 0 aliphatic heterocycles. The highest BCUT2D eigenvalue weighted by Crippen LogP contribution is 2.13. The Morgan fingerprint density at radius 3 is 3.18 bits per heavy atom. The molecule has 0 unspecified atom stereocenters. The standard InChI is InChI=1S/C6H7IN4/c1-4(8)5-6(9-2-7)11-3-10-5/h2-3,8H,1H3,(H,10,11). The maximum atomic E-state index is 7.32. The van der Waals surface area contributed by atoms with Gasteiger partial charge >= 0.3 is 0 Å². The van der Waals surface area contributed by atoms with Crippen molar-refractivity contribution >= 4 is 38.3 Å². The molecule has 1 heterocycles. The van der Waals surface area contributed by atoms with Crippen LogP contribution in [0.15, 0.2) is 11.3 Å². The minimum Gasteiger partial charge on any atom is -0.342 e. The number of aromatic nitrogens is 2. The Kier molecular flexibility index (Phi) is 2.75. The zero-order chi connectivity index (χ0) is 8.27. The molecule has 0 saturated heterocycles. The van der Waals surface area contributed by atoms with Crippen molar-refractivity contribution < 1.29 is 0 Å². The molecule has 0 radical (unpaired) electrons. The van der Waals surface area contributed by atoms with Crippen LogP contribution >= 0.6 is 22.6 Å². The Morgan fingerprint density at radius 1 is 1.91 bits per heavy atom. The molecule has 0 atom stereocenters. The first-order valence-electron chi connectivity index (χ1n) is 2.97. The highest BCUT2D eigenvalue weighted by Gasteiger charge is 2.03. The number of nitrogens with zero attached hydrogens (tertiary/aromatic N) is 2. The van der Waals surface area contributed by atoms with Crippen LogP contribution in [0.2, 0.25) is 0 Å². The van der Waals surface area contributed by atoms with Gasteiger partial charge < -0.3 is 10.4 Å². The smallest absolute Gasteiger partial charge is 0.179 e. The van der Waals surface area contributed by atoms with E-state index in [-0.39, 0.29) is 0 Å². The number of hydrogen-bond donors (Lipinski definition) is 2. The number of nitrogens with one attached hydrogen (secondary N) is 2. The highest BCUT2D eigenvalue weighted by atomic mass is 127. The van der Waals surface area contributed by atoms with Crippen LogP contribution in [0.1, 0.15) is 12.6 Å². The maximum Gasteiger partial charge on any atom is 0.179 e. The topological polar surface area (TPSA) is 64.9 Å². The third-order valence-electron chi connectivity index (χ3n) is 1.17. The second-order valence-electron chi connectivity index (χ2n) is 1.95. The molecule has 1 rings (SSSR count). The molecule has 0 aromatic carbocycles. The summed E-state index contributed by atoms with van der Waals surface area (Å²) in [4.78, 5) is 10.7. The SMILES string of the molecule is CC(=N)c1[nH]cnc1N=CI. The molecule has 4 nitrogen and oxygen atoms in total. The Hall–Kier alpha value is -0.720. The van der Waals surface area contributed by atoms with Gasteiger partial charge in [-0.3, -0.25) is 0 Å². The van der Waals surface area contributed by atoms with Crippen LogP contribution in [-0.2, 0) is 0 Å². The molecule has 58 valence electrons. The molecule has 0 aliphatic carbocycles. The lowest BCUT2D eigenvalue weighted by Crippen LogP contribution is -1.91. The Bertz CT molecular complexity index is 289. The number of aliphatic imine (C=N–C) groups is 1. The van der Waals surface area contributed by atoms with Crippen molar-refractivity contribution in [3.8, 4) is 0 Å². The van der Waals surface area contributed by atoms with E-state index in [2.05, 4.69) is 15.0 Å². The number of H-pyrrole nitrogens is 1. The van der Waals surface area contributed by atoms with Gasteiger partial charge in [0.25, 0.3) is 0 Å².